The Morgan fingerprint density at radius 1 is 1.11 bits per heavy atom. The van der Waals surface area contributed by atoms with Gasteiger partial charge in [0.25, 0.3) is 0 Å². The molecule has 1 aromatic heterocycles. The van der Waals surface area contributed by atoms with Gasteiger partial charge in [0.1, 0.15) is 0 Å². The summed E-state index contributed by atoms with van der Waals surface area (Å²) < 4.78 is 7.36. The third-order valence-electron chi connectivity index (χ3n) is 3.24. The van der Waals surface area contributed by atoms with Crippen LogP contribution in [0.4, 0.5) is 0 Å². The first-order valence-electron chi connectivity index (χ1n) is 6.33. The van der Waals surface area contributed by atoms with Crippen LogP contribution in [-0.2, 0) is 6.54 Å². The van der Waals surface area contributed by atoms with Crippen molar-refractivity contribution in [2.45, 2.75) is 13.5 Å². The summed E-state index contributed by atoms with van der Waals surface area (Å²) in [4.78, 5) is 0. The predicted molar refractivity (Wildman–Crippen MR) is 76.6 cm³/mol. The van der Waals surface area contributed by atoms with Crippen molar-refractivity contribution in [3.8, 4) is 5.88 Å². The largest absolute Gasteiger partial charge is 0.479 e. The maximum absolute atomic E-state index is 5.37. The second kappa shape index (κ2) is 4.76. The van der Waals surface area contributed by atoms with Gasteiger partial charge in [-0.2, -0.15) is 0 Å². The van der Waals surface area contributed by atoms with Crippen molar-refractivity contribution in [1.82, 2.24) is 9.78 Å². The Bertz CT molecular complexity index is 701. The zero-order valence-electron chi connectivity index (χ0n) is 11.1. The van der Waals surface area contributed by atoms with Crippen LogP contribution in [0, 0.1) is 6.92 Å². The number of hydrogen-bond acceptors (Lipinski definition) is 2. The minimum absolute atomic E-state index is 0.689. The van der Waals surface area contributed by atoms with Crippen LogP contribution in [0.15, 0.2) is 48.5 Å². The van der Waals surface area contributed by atoms with E-state index in [4.69, 9.17) is 4.74 Å². The van der Waals surface area contributed by atoms with E-state index in [1.54, 1.807) is 7.11 Å². The Hall–Kier alpha value is -2.29. The molecule has 0 N–H and O–H groups in total. The van der Waals surface area contributed by atoms with Crippen molar-refractivity contribution in [3.63, 3.8) is 0 Å². The summed E-state index contributed by atoms with van der Waals surface area (Å²) in [6, 6.07) is 16.6. The Balaban J connectivity index is 2.09. The fraction of sp³-hybridized carbons (Fsp3) is 0.188. The average molecular weight is 252 g/mol. The molecule has 0 bridgehead atoms. The molecule has 0 unspecified atom stereocenters. The number of ether oxygens (including phenoxy) is 1. The van der Waals surface area contributed by atoms with E-state index in [0.717, 1.165) is 17.4 Å². The summed E-state index contributed by atoms with van der Waals surface area (Å²) in [6.45, 7) is 2.83. The van der Waals surface area contributed by atoms with Gasteiger partial charge in [-0.1, -0.05) is 42.0 Å². The first kappa shape index (κ1) is 11.8. The van der Waals surface area contributed by atoms with E-state index in [1.807, 2.05) is 22.9 Å². The number of hydrogen-bond donors (Lipinski definition) is 0. The molecule has 1 heterocycles. The third kappa shape index (κ3) is 2.19. The van der Waals surface area contributed by atoms with Gasteiger partial charge in [-0.05, 0) is 24.6 Å². The second-order valence-electron chi connectivity index (χ2n) is 4.67. The fourth-order valence-electron chi connectivity index (χ4n) is 2.29. The van der Waals surface area contributed by atoms with Crippen LogP contribution in [0.2, 0.25) is 0 Å². The van der Waals surface area contributed by atoms with Gasteiger partial charge in [-0.3, -0.25) is 4.68 Å². The van der Waals surface area contributed by atoms with Crippen LogP contribution in [-0.4, -0.2) is 16.9 Å². The molecule has 0 aliphatic rings. The van der Waals surface area contributed by atoms with Gasteiger partial charge in [0.05, 0.1) is 24.6 Å². The lowest BCUT2D eigenvalue weighted by Gasteiger charge is -2.03. The van der Waals surface area contributed by atoms with Crippen LogP contribution in [0.1, 0.15) is 11.1 Å². The molecule has 19 heavy (non-hydrogen) atoms. The molecule has 3 heteroatoms. The van der Waals surface area contributed by atoms with Gasteiger partial charge in [0, 0.05) is 0 Å². The lowest BCUT2D eigenvalue weighted by molar-refractivity contribution is 0.394. The van der Waals surface area contributed by atoms with Gasteiger partial charge < -0.3 is 4.74 Å². The molecule has 0 fully saturated rings. The summed E-state index contributed by atoms with van der Waals surface area (Å²) in [5.74, 6) is 0.689. The molecule has 0 saturated heterocycles. The zero-order valence-corrected chi connectivity index (χ0v) is 11.1. The van der Waals surface area contributed by atoms with Crippen molar-refractivity contribution in [1.29, 1.82) is 0 Å². The summed E-state index contributed by atoms with van der Waals surface area (Å²) in [5.41, 5.74) is 3.55. The van der Waals surface area contributed by atoms with E-state index in [1.165, 1.54) is 11.1 Å². The van der Waals surface area contributed by atoms with Gasteiger partial charge >= 0.3 is 0 Å². The number of aromatic nitrogens is 2. The lowest BCUT2D eigenvalue weighted by atomic mass is 10.2. The van der Waals surface area contributed by atoms with Crippen LogP contribution in [0.25, 0.3) is 10.9 Å². The van der Waals surface area contributed by atoms with Crippen molar-refractivity contribution in [2.24, 2.45) is 0 Å². The molecule has 0 radical (unpaired) electrons. The highest BCUT2D eigenvalue weighted by molar-refractivity contribution is 5.85. The molecular weight excluding hydrogens is 236 g/mol. The van der Waals surface area contributed by atoms with Crippen molar-refractivity contribution in [2.75, 3.05) is 7.11 Å². The molecule has 3 rings (SSSR count). The Labute approximate surface area is 112 Å². The number of fused-ring (bicyclic) bond motifs is 1. The first-order valence-corrected chi connectivity index (χ1v) is 6.33. The quantitative estimate of drug-likeness (QED) is 0.714. The van der Waals surface area contributed by atoms with Crippen molar-refractivity contribution >= 4 is 10.9 Å². The number of benzene rings is 2. The molecule has 0 saturated carbocycles. The Kier molecular flexibility index (Phi) is 2.95. The van der Waals surface area contributed by atoms with Crippen molar-refractivity contribution < 1.29 is 4.74 Å². The summed E-state index contributed by atoms with van der Waals surface area (Å²) in [6.07, 6.45) is 0. The number of rotatable bonds is 3. The molecule has 0 spiro atoms. The highest BCUT2D eigenvalue weighted by atomic mass is 16.5. The summed E-state index contributed by atoms with van der Waals surface area (Å²) in [7, 11) is 1.66. The molecule has 3 aromatic rings. The van der Waals surface area contributed by atoms with Crippen molar-refractivity contribution in [3.05, 3.63) is 59.7 Å². The second-order valence-corrected chi connectivity index (χ2v) is 4.67. The van der Waals surface area contributed by atoms with Crippen LogP contribution in [0.3, 0.4) is 0 Å². The Morgan fingerprint density at radius 2 is 1.89 bits per heavy atom. The maximum Gasteiger partial charge on any atom is 0.240 e. The first-order chi connectivity index (χ1) is 9.28. The normalized spacial score (nSPS) is 10.8. The highest BCUT2D eigenvalue weighted by Crippen LogP contribution is 2.26. The molecular formula is C16H16N2O. The lowest BCUT2D eigenvalue weighted by Crippen LogP contribution is -2.01. The molecule has 0 amide bonds. The van der Waals surface area contributed by atoms with Crippen LogP contribution < -0.4 is 4.74 Å². The van der Waals surface area contributed by atoms with Crippen LogP contribution >= 0.6 is 0 Å². The predicted octanol–water partition coefficient (Wildman–Crippen LogP) is 3.40. The summed E-state index contributed by atoms with van der Waals surface area (Å²) in [5, 5.41) is 5.61. The SMILES string of the molecule is COc1nn(Cc2ccccc2)c2ccc(C)cc12. The van der Waals surface area contributed by atoms with Gasteiger partial charge in [-0.25, -0.2) is 0 Å². The fourth-order valence-corrected chi connectivity index (χ4v) is 2.29. The van der Waals surface area contributed by atoms with Gasteiger partial charge in [0.2, 0.25) is 5.88 Å². The molecule has 0 atom stereocenters. The van der Waals surface area contributed by atoms with E-state index in [9.17, 15) is 0 Å². The molecule has 0 aliphatic heterocycles. The van der Waals surface area contributed by atoms with E-state index in [0.29, 0.717) is 5.88 Å². The van der Waals surface area contributed by atoms with E-state index >= 15 is 0 Å². The van der Waals surface area contributed by atoms with Gasteiger partial charge in [0.15, 0.2) is 0 Å². The minimum atomic E-state index is 0.689. The van der Waals surface area contributed by atoms with Gasteiger partial charge in [-0.15, -0.1) is 5.10 Å². The standard InChI is InChI=1S/C16H16N2O/c1-12-8-9-15-14(10-12)16(19-2)17-18(15)11-13-6-4-3-5-7-13/h3-10H,11H2,1-2H3. The molecule has 2 aromatic carbocycles. The summed E-state index contributed by atoms with van der Waals surface area (Å²) >= 11 is 0. The van der Waals surface area contributed by atoms with E-state index < -0.39 is 0 Å². The zero-order chi connectivity index (χ0) is 13.2. The molecule has 0 aliphatic carbocycles. The van der Waals surface area contributed by atoms with Crippen LogP contribution in [0.5, 0.6) is 5.88 Å². The molecule has 96 valence electrons. The average Bonchev–Trinajstić information content (AvgIpc) is 2.77. The minimum Gasteiger partial charge on any atom is -0.479 e. The smallest absolute Gasteiger partial charge is 0.240 e. The monoisotopic (exact) mass is 252 g/mol. The highest BCUT2D eigenvalue weighted by Gasteiger charge is 2.11. The number of aryl methyl sites for hydroxylation is 1. The third-order valence-corrected chi connectivity index (χ3v) is 3.24. The van der Waals surface area contributed by atoms with E-state index in [2.05, 4.69) is 42.4 Å². The van der Waals surface area contributed by atoms with E-state index in [-0.39, 0.29) is 0 Å². The Morgan fingerprint density at radius 3 is 2.63 bits per heavy atom. The maximum atomic E-state index is 5.37. The topological polar surface area (TPSA) is 27.1 Å². The number of methoxy groups -OCH3 is 1. The number of nitrogens with zero attached hydrogens (tertiary/aromatic N) is 2. The molecule has 3 nitrogen and oxygen atoms in total.